The fourth-order valence-corrected chi connectivity index (χ4v) is 2.79. The highest BCUT2D eigenvalue weighted by Crippen LogP contribution is 2.34. The Hall–Kier alpha value is -4.21. The van der Waals surface area contributed by atoms with Crippen molar-refractivity contribution in [3.63, 3.8) is 0 Å². The molecule has 30 heavy (non-hydrogen) atoms. The van der Waals surface area contributed by atoms with Gasteiger partial charge in [0.25, 0.3) is 5.91 Å². The third-order valence-electron chi connectivity index (χ3n) is 4.30. The molecule has 10 nitrogen and oxygen atoms in total. The number of aromatic nitrogens is 2. The van der Waals surface area contributed by atoms with E-state index >= 15 is 0 Å². The number of rotatable bonds is 7. The number of carbonyl (C=O) groups excluding carboxylic acids is 1. The first-order valence-corrected chi connectivity index (χ1v) is 8.93. The molecule has 3 N–H and O–H groups in total. The Morgan fingerprint density at radius 3 is 2.53 bits per heavy atom. The van der Waals surface area contributed by atoms with E-state index in [-0.39, 0.29) is 11.6 Å². The molecule has 3 aromatic rings. The zero-order chi connectivity index (χ0) is 21.7. The largest absolute Gasteiger partial charge is 0.495 e. The van der Waals surface area contributed by atoms with Crippen LogP contribution < -0.4 is 20.9 Å². The van der Waals surface area contributed by atoms with Crippen LogP contribution in [-0.4, -0.2) is 27.9 Å². The van der Waals surface area contributed by atoms with E-state index in [2.05, 4.69) is 26.1 Å². The number of hydrazine groups is 1. The minimum atomic E-state index is -0.632. The Morgan fingerprint density at radius 1 is 1.10 bits per heavy atom. The fraction of sp³-hybridized carbons (Fsp3) is 0.150. The summed E-state index contributed by atoms with van der Waals surface area (Å²) in [6, 6.07) is 12.4. The second-order valence-electron chi connectivity index (χ2n) is 6.40. The van der Waals surface area contributed by atoms with Gasteiger partial charge in [-0.15, -0.1) is 0 Å². The molecule has 1 aromatic heterocycles. The van der Waals surface area contributed by atoms with Gasteiger partial charge < -0.3 is 10.1 Å². The summed E-state index contributed by atoms with van der Waals surface area (Å²) in [5.74, 6) is -0.163. The molecule has 0 aliphatic heterocycles. The van der Waals surface area contributed by atoms with Gasteiger partial charge in [0, 0.05) is 5.56 Å². The number of methoxy groups -OCH3 is 1. The molecule has 0 fully saturated rings. The third kappa shape index (κ3) is 4.43. The molecule has 0 saturated heterocycles. The fourth-order valence-electron chi connectivity index (χ4n) is 2.79. The molecule has 3 rings (SSSR count). The van der Waals surface area contributed by atoms with Crippen LogP contribution in [0.25, 0.3) is 0 Å². The van der Waals surface area contributed by atoms with E-state index in [4.69, 9.17) is 4.74 Å². The van der Waals surface area contributed by atoms with E-state index in [1.54, 1.807) is 37.3 Å². The zero-order valence-corrected chi connectivity index (χ0v) is 16.6. The molecular formula is C20H20N6O4. The van der Waals surface area contributed by atoms with Gasteiger partial charge >= 0.3 is 5.69 Å². The maximum Gasteiger partial charge on any atom is 0.355 e. The number of nitrogens with zero attached hydrogens (tertiary/aromatic N) is 3. The summed E-state index contributed by atoms with van der Waals surface area (Å²) in [6.07, 6.45) is 1.15. The normalized spacial score (nSPS) is 10.2. The molecule has 154 valence electrons. The first kappa shape index (κ1) is 20.5. The third-order valence-corrected chi connectivity index (χ3v) is 4.30. The van der Waals surface area contributed by atoms with Crippen LogP contribution in [0.5, 0.6) is 5.75 Å². The Labute approximate surface area is 172 Å². The highest BCUT2D eigenvalue weighted by Gasteiger charge is 2.24. The van der Waals surface area contributed by atoms with Gasteiger partial charge in [0.1, 0.15) is 12.1 Å². The van der Waals surface area contributed by atoms with Crippen molar-refractivity contribution in [2.75, 3.05) is 17.9 Å². The molecule has 1 amide bonds. The van der Waals surface area contributed by atoms with Crippen LogP contribution in [0.15, 0.2) is 48.8 Å². The zero-order valence-electron chi connectivity index (χ0n) is 16.6. The van der Waals surface area contributed by atoms with E-state index in [1.807, 2.05) is 19.1 Å². The van der Waals surface area contributed by atoms with Crippen molar-refractivity contribution in [3.8, 4) is 5.75 Å². The number of hydrogen-bond donors (Lipinski definition) is 3. The van der Waals surface area contributed by atoms with E-state index < -0.39 is 16.5 Å². The van der Waals surface area contributed by atoms with Gasteiger partial charge in [-0.1, -0.05) is 24.3 Å². The predicted molar refractivity (Wildman–Crippen MR) is 112 cm³/mol. The number of carbonyl (C=O) groups is 1. The molecule has 1 heterocycles. The summed E-state index contributed by atoms with van der Waals surface area (Å²) in [6.45, 7) is 3.67. The van der Waals surface area contributed by atoms with Crippen molar-refractivity contribution in [2.24, 2.45) is 0 Å². The maximum atomic E-state index is 12.4. The molecule has 0 saturated carbocycles. The van der Waals surface area contributed by atoms with Crippen molar-refractivity contribution in [3.05, 3.63) is 75.6 Å². The molecule has 0 spiro atoms. The van der Waals surface area contributed by atoms with Crippen molar-refractivity contribution in [2.45, 2.75) is 13.8 Å². The van der Waals surface area contributed by atoms with Crippen LogP contribution in [0.3, 0.4) is 0 Å². The summed E-state index contributed by atoms with van der Waals surface area (Å²) in [5.41, 5.74) is 7.18. The molecular weight excluding hydrogens is 388 g/mol. The lowest BCUT2D eigenvalue weighted by atomic mass is 10.1. The number of aryl methyl sites for hydroxylation is 2. The average Bonchev–Trinajstić information content (AvgIpc) is 2.72. The highest BCUT2D eigenvalue weighted by atomic mass is 16.6. The Kier molecular flexibility index (Phi) is 6.06. The van der Waals surface area contributed by atoms with Crippen molar-refractivity contribution in [1.29, 1.82) is 0 Å². The number of nitro groups is 1. The maximum absolute atomic E-state index is 12.4. The van der Waals surface area contributed by atoms with Crippen LogP contribution in [0.1, 0.15) is 21.5 Å². The van der Waals surface area contributed by atoms with Crippen molar-refractivity contribution < 1.29 is 14.5 Å². The first-order chi connectivity index (χ1) is 14.4. The quantitative estimate of drug-likeness (QED) is 0.400. The summed E-state index contributed by atoms with van der Waals surface area (Å²) in [4.78, 5) is 31.4. The van der Waals surface area contributed by atoms with Gasteiger partial charge in [-0.25, -0.2) is 9.97 Å². The van der Waals surface area contributed by atoms with Crippen LogP contribution in [0.4, 0.5) is 23.0 Å². The molecule has 2 aromatic carbocycles. The number of ether oxygens (including phenoxy) is 1. The topological polar surface area (TPSA) is 131 Å². The number of anilines is 3. The number of nitrogens with one attached hydrogen (secondary N) is 3. The minimum Gasteiger partial charge on any atom is -0.495 e. The van der Waals surface area contributed by atoms with Crippen LogP contribution in [0.2, 0.25) is 0 Å². The van der Waals surface area contributed by atoms with E-state index in [0.29, 0.717) is 17.0 Å². The molecule has 10 heteroatoms. The van der Waals surface area contributed by atoms with Gasteiger partial charge in [0.2, 0.25) is 11.6 Å². The molecule has 0 aliphatic carbocycles. The highest BCUT2D eigenvalue weighted by molar-refractivity contribution is 5.96. The average molecular weight is 408 g/mol. The second kappa shape index (κ2) is 8.86. The molecule has 0 radical (unpaired) electrons. The Morgan fingerprint density at radius 2 is 1.83 bits per heavy atom. The van der Waals surface area contributed by atoms with E-state index in [1.165, 1.54) is 7.11 Å². The second-order valence-corrected chi connectivity index (χ2v) is 6.40. The monoisotopic (exact) mass is 408 g/mol. The van der Waals surface area contributed by atoms with Gasteiger partial charge in [0.05, 0.1) is 17.7 Å². The minimum absolute atomic E-state index is 0.0495. The smallest absolute Gasteiger partial charge is 0.355 e. The number of amides is 1. The van der Waals surface area contributed by atoms with Crippen LogP contribution >= 0.6 is 0 Å². The lowest BCUT2D eigenvalue weighted by Gasteiger charge is -2.13. The summed E-state index contributed by atoms with van der Waals surface area (Å²) < 4.78 is 5.29. The van der Waals surface area contributed by atoms with Crippen molar-refractivity contribution in [1.82, 2.24) is 15.4 Å². The predicted octanol–water partition coefficient (Wildman–Crippen LogP) is 3.51. The number of hydrogen-bond acceptors (Lipinski definition) is 8. The van der Waals surface area contributed by atoms with E-state index in [9.17, 15) is 14.9 Å². The lowest BCUT2D eigenvalue weighted by molar-refractivity contribution is -0.383. The van der Waals surface area contributed by atoms with Gasteiger partial charge in [-0.3, -0.25) is 25.8 Å². The van der Waals surface area contributed by atoms with Gasteiger partial charge in [-0.2, -0.15) is 0 Å². The molecule has 0 aliphatic rings. The summed E-state index contributed by atoms with van der Waals surface area (Å²) in [7, 11) is 1.50. The first-order valence-electron chi connectivity index (χ1n) is 8.93. The molecule has 0 bridgehead atoms. The van der Waals surface area contributed by atoms with Gasteiger partial charge in [0.15, 0.2) is 0 Å². The standard InChI is InChI=1S/C20H20N6O4/c1-12-8-9-16(30-3)15(10-12)23-18-17(26(28)29)19(22-11-21-18)24-25-20(27)14-7-5-4-6-13(14)2/h4-11H,1-3H3,(H,25,27)(H2,21,22,23,24). The Balaban J connectivity index is 1.88. The summed E-state index contributed by atoms with van der Waals surface area (Å²) >= 11 is 0. The van der Waals surface area contributed by atoms with Crippen LogP contribution in [0, 0.1) is 24.0 Å². The van der Waals surface area contributed by atoms with Crippen molar-refractivity contribution >= 4 is 28.9 Å². The molecule has 0 atom stereocenters. The Bertz CT molecular complexity index is 1100. The lowest BCUT2D eigenvalue weighted by Crippen LogP contribution is -2.30. The number of benzene rings is 2. The van der Waals surface area contributed by atoms with Crippen LogP contribution in [-0.2, 0) is 0 Å². The molecule has 0 unspecified atom stereocenters. The van der Waals surface area contributed by atoms with E-state index in [0.717, 1.165) is 17.5 Å². The SMILES string of the molecule is COc1ccc(C)cc1Nc1ncnc(NNC(=O)c2ccccc2C)c1[N+](=O)[O-]. The summed E-state index contributed by atoms with van der Waals surface area (Å²) in [5, 5.41) is 14.6. The van der Waals surface area contributed by atoms with Gasteiger partial charge in [-0.05, 0) is 43.2 Å².